The van der Waals surface area contributed by atoms with Crippen molar-refractivity contribution in [2.24, 2.45) is 0 Å². The highest BCUT2D eigenvalue weighted by molar-refractivity contribution is 5.93. The van der Waals surface area contributed by atoms with Gasteiger partial charge in [0.05, 0.1) is 19.4 Å². The zero-order valence-corrected chi connectivity index (χ0v) is 13.2. The van der Waals surface area contributed by atoms with Crippen molar-refractivity contribution in [3.63, 3.8) is 0 Å². The highest BCUT2D eigenvalue weighted by atomic mass is 19.1. The molecular weight excluding hydrogens is 327 g/mol. The number of hydrogen-bond acceptors (Lipinski definition) is 5. The average Bonchev–Trinajstić information content (AvgIpc) is 3.33. The number of halogens is 1. The summed E-state index contributed by atoms with van der Waals surface area (Å²) in [5, 5.41) is 3.84. The third-order valence-electron chi connectivity index (χ3n) is 4.09. The van der Waals surface area contributed by atoms with Gasteiger partial charge in [-0.2, -0.15) is 0 Å². The Morgan fingerprint density at radius 2 is 2.04 bits per heavy atom. The fourth-order valence-electron chi connectivity index (χ4n) is 2.79. The first-order valence-corrected chi connectivity index (χ1v) is 7.87. The number of amides is 1. The number of nitrogens with zero attached hydrogens (tertiary/aromatic N) is 2. The number of ether oxygens (including phenoxy) is 1. The predicted molar refractivity (Wildman–Crippen MR) is 85.2 cm³/mol. The van der Waals surface area contributed by atoms with Crippen LogP contribution in [0.3, 0.4) is 0 Å². The molecule has 3 aromatic rings. The number of morpholine rings is 1. The Bertz CT molecular complexity index is 858. The molecular formula is C18H15FN2O4. The van der Waals surface area contributed by atoms with E-state index in [-0.39, 0.29) is 23.5 Å². The van der Waals surface area contributed by atoms with E-state index in [1.54, 1.807) is 35.2 Å². The highest BCUT2D eigenvalue weighted by Crippen LogP contribution is 2.25. The van der Waals surface area contributed by atoms with Crippen LogP contribution in [-0.4, -0.2) is 35.7 Å². The molecule has 1 aliphatic rings. The summed E-state index contributed by atoms with van der Waals surface area (Å²) in [5.41, 5.74) is 1.04. The highest BCUT2D eigenvalue weighted by Gasteiger charge is 2.28. The molecule has 3 heterocycles. The Hall–Kier alpha value is -2.93. The van der Waals surface area contributed by atoms with Crippen molar-refractivity contribution < 1.29 is 22.9 Å². The molecule has 2 aromatic heterocycles. The van der Waals surface area contributed by atoms with E-state index in [2.05, 4.69) is 5.16 Å². The minimum atomic E-state index is -0.305. The van der Waals surface area contributed by atoms with Gasteiger partial charge in [0, 0.05) is 12.6 Å². The van der Waals surface area contributed by atoms with Gasteiger partial charge in [0.25, 0.3) is 5.91 Å². The minimum Gasteiger partial charge on any atom is -0.461 e. The van der Waals surface area contributed by atoms with Crippen molar-refractivity contribution in [1.29, 1.82) is 0 Å². The molecule has 1 aromatic carbocycles. The summed E-state index contributed by atoms with van der Waals surface area (Å²) in [6, 6.07) is 11.1. The Labute approximate surface area is 142 Å². The summed E-state index contributed by atoms with van der Waals surface area (Å²) < 4.78 is 29.2. The Morgan fingerprint density at radius 1 is 1.20 bits per heavy atom. The van der Waals surface area contributed by atoms with Crippen molar-refractivity contribution in [2.75, 3.05) is 19.7 Å². The zero-order valence-electron chi connectivity index (χ0n) is 13.2. The van der Waals surface area contributed by atoms with E-state index in [4.69, 9.17) is 13.7 Å². The van der Waals surface area contributed by atoms with Crippen LogP contribution in [-0.2, 0) is 4.74 Å². The maximum absolute atomic E-state index is 13.1. The topological polar surface area (TPSA) is 68.7 Å². The van der Waals surface area contributed by atoms with E-state index in [1.807, 2.05) is 0 Å². The lowest BCUT2D eigenvalue weighted by molar-refractivity contribution is -0.0231. The van der Waals surface area contributed by atoms with Gasteiger partial charge in [-0.15, -0.1) is 0 Å². The lowest BCUT2D eigenvalue weighted by atomic mass is 10.1. The molecule has 1 saturated heterocycles. The van der Waals surface area contributed by atoms with Gasteiger partial charge >= 0.3 is 0 Å². The van der Waals surface area contributed by atoms with E-state index in [1.165, 1.54) is 18.4 Å². The van der Waals surface area contributed by atoms with Gasteiger partial charge < -0.3 is 18.6 Å². The van der Waals surface area contributed by atoms with Crippen molar-refractivity contribution in [2.45, 2.75) is 6.10 Å². The van der Waals surface area contributed by atoms with Gasteiger partial charge in [0.1, 0.15) is 11.9 Å². The predicted octanol–water partition coefficient (Wildman–Crippen LogP) is 3.29. The molecule has 1 aliphatic heterocycles. The summed E-state index contributed by atoms with van der Waals surface area (Å²) in [7, 11) is 0. The van der Waals surface area contributed by atoms with Crippen molar-refractivity contribution in [1.82, 2.24) is 10.1 Å². The van der Waals surface area contributed by atoms with Gasteiger partial charge in [-0.05, 0) is 29.8 Å². The van der Waals surface area contributed by atoms with Gasteiger partial charge in [0.2, 0.25) is 5.76 Å². The molecule has 0 bridgehead atoms. The second-order valence-corrected chi connectivity index (χ2v) is 5.72. The summed E-state index contributed by atoms with van der Waals surface area (Å²) in [5.74, 6) is 0.368. The fourth-order valence-corrected chi connectivity index (χ4v) is 2.79. The molecule has 1 fully saturated rings. The van der Waals surface area contributed by atoms with Crippen LogP contribution in [0, 0.1) is 5.82 Å². The van der Waals surface area contributed by atoms with Crippen LogP contribution >= 0.6 is 0 Å². The van der Waals surface area contributed by atoms with E-state index in [0.717, 1.165) is 5.56 Å². The third kappa shape index (κ3) is 3.18. The number of benzene rings is 1. The van der Waals surface area contributed by atoms with Crippen LogP contribution in [0.1, 0.15) is 22.2 Å². The van der Waals surface area contributed by atoms with Gasteiger partial charge in [-0.1, -0.05) is 17.3 Å². The van der Waals surface area contributed by atoms with Crippen LogP contribution in [0.15, 0.2) is 57.7 Å². The van der Waals surface area contributed by atoms with Crippen LogP contribution in [0.2, 0.25) is 0 Å². The average molecular weight is 342 g/mol. The van der Waals surface area contributed by atoms with Gasteiger partial charge in [-0.3, -0.25) is 4.79 Å². The first-order valence-electron chi connectivity index (χ1n) is 7.87. The normalized spacial score (nSPS) is 17.6. The Balaban J connectivity index is 1.49. The molecule has 4 rings (SSSR count). The molecule has 1 atom stereocenters. The first kappa shape index (κ1) is 15.6. The molecule has 1 amide bonds. The smallest absolute Gasteiger partial charge is 0.276 e. The number of hydrogen-bond donors (Lipinski definition) is 0. The van der Waals surface area contributed by atoms with Crippen molar-refractivity contribution in [3.05, 3.63) is 65.8 Å². The Morgan fingerprint density at radius 3 is 2.80 bits per heavy atom. The summed E-state index contributed by atoms with van der Waals surface area (Å²) >= 11 is 0. The number of rotatable bonds is 3. The van der Waals surface area contributed by atoms with E-state index < -0.39 is 0 Å². The number of carbonyl (C=O) groups excluding carboxylic acids is 1. The van der Waals surface area contributed by atoms with Crippen LogP contribution in [0.25, 0.3) is 11.5 Å². The molecule has 0 saturated carbocycles. The number of carbonyl (C=O) groups is 1. The van der Waals surface area contributed by atoms with Crippen LogP contribution in [0.4, 0.5) is 4.39 Å². The molecule has 0 unspecified atom stereocenters. The standard InChI is InChI=1S/C18H15FN2O4/c19-13-5-3-12(4-6-13)17-11-21(7-9-24-17)18(22)14-10-16(25-20-14)15-2-1-8-23-15/h1-6,8,10,17H,7,9,11H2/t17-/m0/s1. The second-order valence-electron chi connectivity index (χ2n) is 5.72. The summed E-state index contributed by atoms with van der Waals surface area (Å²) in [6.07, 6.45) is 1.23. The lowest BCUT2D eigenvalue weighted by Crippen LogP contribution is -2.42. The molecule has 0 radical (unpaired) electrons. The summed E-state index contributed by atoms with van der Waals surface area (Å²) in [4.78, 5) is 14.3. The van der Waals surface area contributed by atoms with Crippen molar-refractivity contribution >= 4 is 5.91 Å². The zero-order chi connectivity index (χ0) is 17.2. The molecule has 0 spiro atoms. The maximum atomic E-state index is 13.1. The number of furan rings is 1. The molecule has 6 nitrogen and oxygen atoms in total. The largest absolute Gasteiger partial charge is 0.461 e. The monoisotopic (exact) mass is 342 g/mol. The van der Waals surface area contributed by atoms with E-state index >= 15 is 0 Å². The lowest BCUT2D eigenvalue weighted by Gasteiger charge is -2.32. The van der Waals surface area contributed by atoms with E-state index in [9.17, 15) is 9.18 Å². The molecule has 0 N–H and O–H groups in total. The first-order chi connectivity index (χ1) is 12.2. The molecule has 128 valence electrons. The molecule has 7 heteroatoms. The second kappa shape index (κ2) is 6.52. The third-order valence-corrected chi connectivity index (χ3v) is 4.09. The minimum absolute atomic E-state index is 0.214. The maximum Gasteiger partial charge on any atom is 0.276 e. The van der Waals surface area contributed by atoms with Crippen molar-refractivity contribution in [3.8, 4) is 11.5 Å². The van der Waals surface area contributed by atoms with Gasteiger partial charge in [0.15, 0.2) is 11.5 Å². The van der Waals surface area contributed by atoms with E-state index in [0.29, 0.717) is 31.2 Å². The van der Waals surface area contributed by atoms with Crippen LogP contribution < -0.4 is 0 Å². The molecule has 25 heavy (non-hydrogen) atoms. The quantitative estimate of drug-likeness (QED) is 0.730. The van der Waals surface area contributed by atoms with Crippen LogP contribution in [0.5, 0.6) is 0 Å². The number of aromatic nitrogens is 1. The summed E-state index contributed by atoms with van der Waals surface area (Å²) in [6.45, 7) is 1.23. The van der Waals surface area contributed by atoms with Gasteiger partial charge in [-0.25, -0.2) is 4.39 Å². The SMILES string of the molecule is O=C(c1cc(-c2ccco2)on1)N1CCO[C@H](c2ccc(F)cc2)C1. The fraction of sp³-hybridized carbons (Fsp3) is 0.222. The molecule has 0 aliphatic carbocycles. The Kier molecular flexibility index (Phi) is 4.07.